The van der Waals surface area contributed by atoms with E-state index >= 15 is 0 Å². The van der Waals surface area contributed by atoms with Gasteiger partial charge in [0.1, 0.15) is 5.58 Å². The summed E-state index contributed by atoms with van der Waals surface area (Å²) in [6.07, 6.45) is 0. The quantitative estimate of drug-likeness (QED) is 0.801. The Morgan fingerprint density at radius 2 is 2.19 bits per heavy atom. The fourth-order valence-corrected chi connectivity index (χ4v) is 2.41. The van der Waals surface area contributed by atoms with Crippen molar-refractivity contribution in [2.45, 2.75) is 20.8 Å². The molecule has 2 aromatic rings. The number of hydrogen-bond acceptors (Lipinski definition) is 3. The normalized spacial score (nSPS) is 11.3. The van der Waals surface area contributed by atoms with Crippen molar-refractivity contribution in [2.24, 2.45) is 5.92 Å². The van der Waals surface area contributed by atoms with Gasteiger partial charge >= 0.3 is 0 Å². The SMILES string of the molecule is Cc1c(C(=O)NCCOCC(C)C)oc2ccc(Br)cc12. The molecule has 21 heavy (non-hydrogen) atoms. The van der Waals surface area contributed by atoms with E-state index in [4.69, 9.17) is 9.15 Å². The molecule has 0 bridgehead atoms. The van der Waals surface area contributed by atoms with Crippen LogP contribution in [0.5, 0.6) is 0 Å². The number of carbonyl (C=O) groups is 1. The van der Waals surface area contributed by atoms with Crippen LogP contribution in [0.25, 0.3) is 11.0 Å². The predicted octanol–water partition coefficient (Wildman–Crippen LogP) is 3.91. The van der Waals surface area contributed by atoms with Gasteiger partial charge in [0.15, 0.2) is 5.76 Å². The van der Waals surface area contributed by atoms with Crippen molar-refractivity contribution in [1.29, 1.82) is 0 Å². The topological polar surface area (TPSA) is 51.5 Å². The van der Waals surface area contributed by atoms with Crippen LogP contribution >= 0.6 is 15.9 Å². The van der Waals surface area contributed by atoms with Gasteiger partial charge in [-0.1, -0.05) is 29.8 Å². The molecule has 0 aliphatic heterocycles. The third kappa shape index (κ3) is 4.08. The molecule has 5 heteroatoms. The smallest absolute Gasteiger partial charge is 0.287 e. The summed E-state index contributed by atoms with van der Waals surface area (Å²) in [7, 11) is 0. The molecule has 0 aliphatic rings. The van der Waals surface area contributed by atoms with E-state index in [-0.39, 0.29) is 5.91 Å². The first-order valence-corrected chi connectivity index (χ1v) is 7.83. The summed E-state index contributed by atoms with van der Waals surface area (Å²) >= 11 is 3.42. The van der Waals surface area contributed by atoms with E-state index in [1.807, 2.05) is 25.1 Å². The Hall–Kier alpha value is -1.33. The van der Waals surface area contributed by atoms with Crippen molar-refractivity contribution in [3.63, 3.8) is 0 Å². The summed E-state index contributed by atoms with van der Waals surface area (Å²) in [6, 6.07) is 5.71. The molecule has 0 aliphatic carbocycles. The van der Waals surface area contributed by atoms with E-state index in [1.54, 1.807) is 0 Å². The maximum absolute atomic E-state index is 12.1. The van der Waals surface area contributed by atoms with Crippen LogP contribution in [0.4, 0.5) is 0 Å². The van der Waals surface area contributed by atoms with E-state index in [2.05, 4.69) is 35.1 Å². The maximum Gasteiger partial charge on any atom is 0.287 e. The zero-order valence-corrected chi connectivity index (χ0v) is 14.1. The zero-order chi connectivity index (χ0) is 15.4. The van der Waals surface area contributed by atoms with Gasteiger partial charge < -0.3 is 14.5 Å². The van der Waals surface area contributed by atoms with E-state index in [1.165, 1.54) is 0 Å². The van der Waals surface area contributed by atoms with Gasteiger partial charge in [0, 0.05) is 28.6 Å². The van der Waals surface area contributed by atoms with Gasteiger partial charge in [-0.3, -0.25) is 4.79 Å². The molecule has 0 saturated carbocycles. The predicted molar refractivity (Wildman–Crippen MR) is 86.6 cm³/mol. The fraction of sp³-hybridized carbons (Fsp3) is 0.438. The van der Waals surface area contributed by atoms with E-state index in [0.717, 1.165) is 21.0 Å². The van der Waals surface area contributed by atoms with Gasteiger partial charge in [-0.05, 0) is 31.0 Å². The summed E-state index contributed by atoms with van der Waals surface area (Å²) in [6.45, 7) is 7.76. The minimum Gasteiger partial charge on any atom is -0.451 e. The summed E-state index contributed by atoms with van der Waals surface area (Å²) < 4.78 is 12.0. The summed E-state index contributed by atoms with van der Waals surface area (Å²) in [5, 5.41) is 3.77. The number of aryl methyl sites for hydroxylation is 1. The van der Waals surface area contributed by atoms with Crippen LogP contribution in [0.15, 0.2) is 27.1 Å². The molecule has 1 amide bonds. The number of halogens is 1. The van der Waals surface area contributed by atoms with Crippen LogP contribution < -0.4 is 5.32 Å². The van der Waals surface area contributed by atoms with E-state index < -0.39 is 0 Å². The van der Waals surface area contributed by atoms with Crippen LogP contribution in [-0.4, -0.2) is 25.7 Å². The number of benzene rings is 1. The first kappa shape index (κ1) is 16.0. The highest BCUT2D eigenvalue weighted by molar-refractivity contribution is 9.10. The first-order chi connectivity index (χ1) is 9.99. The molecule has 0 radical (unpaired) electrons. The molecular formula is C16H20BrNO3. The number of fused-ring (bicyclic) bond motifs is 1. The van der Waals surface area contributed by atoms with Crippen molar-refractivity contribution in [2.75, 3.05) is 19.8 Å². The minimum atomic E-state index is -0.201. The van der Waals surface area contributed by atoms with Crippen molar-refractivity contribution in [1.82, 2.24) is 5.32 Å². The van der Waals surface area contributed by atoms with Gasteiger partial charge in [-0.15, -0.1) is 0 Å². The number of hydrogen-bond donors (Lipinski definition) is 1. The molecule has 1 aromatic heterocycles. The molecule has 1 aromatic carbocycles. The molecule has 4 nitrogen and oxygen atoms in total. The molecule has 0 saturated heterocycles. The Morgan fingerprint density at radius 1 is 1.43 bits per heavy atom. The fourth-order valence-electron chi connectivity index (χ4n) is 2.05. The van der Waals surface area contributed by atoms with Crippen molar-refractivity contribution < 1.29 is 13.9 Å². The van der Waals surface area contributed by atoms with Crippen LogP contribution in [0, 0.1) is 12.8 Å². The Kier molecular flexibility index (Phi) is 5.42. The van der Waals surface area contributed by atoms with Crippen LogP contribution in [-0.2, 0) is 4.74 Å². The van der Waals surface area contributed by atoms with Crippen LogP contribution in [0.2, 0.25) is 0 Å². The van der Waals surface area contributed by atoms with Crippen molar-refractivity contribution >= 4 is 32.8 Å². The second-order valence-electron chi connectivity index (χ2n) is 5.42. The summed E-state index contributed by atoms with van der Waals surface area (Å²) in [5.74, 6) is 0.664. The number of nitrogens with one attached hydrogen (secondary N) is 1. The second kappa shape index (κ2) is 7.09. The van der Waals surface area contributed by atoms with Crippen LogP contribution in [0.3, 0.4) is 0 Å². The Bertz CT molecular complexity index is 634. The van der Waals surface area contributed by atoms with Gasteiger partial charge in [-0.25, -0.2) is 0 Å². The maximum atomic E-state index is 12.1. The van der Waals surface area contributed by atoms with Gasteiger partial charge in [0.2, 0.25) is 0 Å². The van der Waals surface area contributed by atoms with Crippen molar-refractivity contribution in [3.8, 4) is 0 Å². The van der Waals surface area contributed by atoms with Crippen LogP contribution in [0.1, 0.15) is 30.0 Å². The highest BCUT2D eigenvalue weighted by Gasteiger charge is 2.17. The molecule has 1 heterocycles. The average Bonchev–Trinajstić information content (AvgIpc) is 2.75. The Labute approximate surface area is 133 Å². The number of amides is 1. The third-order valence-electron chi connectivity index (χ3n) is 3.09. The molecule has 0 fully saturated rings. The molecule has 114 valence electrons. The van der Waals surface area contributed by atoms with E-state index in [0.29, 0.717) is 31.4 Å². The van der Waals surface area contributed by atoms with Gasteiger partial charge in [0.05, 0.1) is 6.61 Å². The Morgan fingerprint density at radius 3 is 2.90 bits per heavy atom. The number of ether oxygens (including phenoxy) is 1. The molecular weight excluding hydrogens is 334 g/mol. The lowest BCUT2D eigenvalue weighted by atomic mass is 10.1. The molecule has 2 rings (SSSR count). The van der Waals surface area contributed by atoms with E-state index in [9.17, 15) is 4.79 Å². The van der Waals surface area contributed by atoms with Gasteiger partial charge in [-0.2, -0.15) is 0 Å². The molecule has 0 spiro atoms. The van der Waals surface area contributed by atoms with Crippen molar-refractivity contribution in [3.05, 3.63) is 34.0 Å². The molecule has 0 unspecified atom stereocenters. The molecule has 1 N–H and O–H groups in total. The highest BCUT2D eigenvalue weighted by Crippen LogP contribution is 2.27. The lowest BCUT2D eigenvalue weighted by molar-refractivity contribution is 0.0864. The monoisotopic (exact) mass is 353 g/mol. The van der Waals surface area contributed by atoms with Gasteiger partial charge in [0.25, 0.3) is 5.91 Å². The number of rotatable bonds is 6. The largest absolute Gasteiger partial charge is 0.451 e. The standard InChI is InChI=1S/C16H20BrNO3/c1-10(2)9-20-7-6-18-16(19)15-11(3)13-8-12(17)4-5-14(13)21-15/h4-5,8,10H,6-7,9H2,1-3H3,(H,18,19). The second-order valence-corrected chi connectivity index (χ2v) is 6.34. The highest BCUT2D eigenvalue weighted by atomic mass is 79.9. The molecule has 0 atom stereocenters. The zero-order valence-electron chi connectivity index (χ0n) is 12.5. The minimum absolute atomic E-state index is 0.201. The lowest BCUT2D eigenvalue weighted by Crippen LogP contribution is -2.27. The summed E-state index contributed by atoms with van der Waals surface area (Å²) in [4.78, 5) is 12.1. The summed E-state index contributed by atoms with van der Waals surface area (Å²) in [5.41, 5.74) is 1.57. The number of furan rings is 1. The lowest BCUT2D eigenvalue weighted by Gasteiger charge is -2.07. The third-order valence-corrected chi connectivity index (χ3v) is 3.58. The Balaban J connectivity index is 1.98. The first-order valence-electron chi connectivity index (χ1n) is 7.03. The average molecular weight is 354 g/mol. The number of carbonyl (C=O) groups excluding carboxylic acids is 1.